The van der Waals surface area contributed by atoms with Gasteiger partial charge in [-0.1, -0.05) is 12.1 Å². The number of rotatable bonds is 6. The molecule has 0 unspecified atom stereocenters. The zero-order chi connectivity index (χ0) is 22.3. The molecule has 1 aromatic carbocycles. The summed E-state index contributed by atoms with van der Waals surface area (Å²) in [7, 11) is 0. The molecule has 3 saturated heterocycles. The van der Waals surface area contributed by atoms with Crippen molar-refractivity contribution in [3.8, 4) is 6.07 Å². The molecule has 3 aliphatic heterocycles. The molecular weight excluding hydrogens is 398 g/mol. The van der Waals surface area contributed by atoms with Crippen LogP contribution in [0.15, 0.2) is 24.3 Å². The monoisotopic (exact) mass is 425 g/mol. The Labute approximate surface area is 181 Å². The summed E-state index contributed by atoms with van der Waals surface area (Å²) in [5, 5.41) is 18.3. The predicted molar refractivity (Wildman–Crippen MR) is 111 cm³/mol. The van der Waals surface area contributed by atoms with E-state index < -0.39 is 18.1 Å². The molecule has 0 saturated carbocycles. The van der Waals surface area contributed by atoms with Crippen LogP contribution >= 0.6 is 0 Å². The number of amides is 2. The van der Waals surface area contributed by atoms with Crippen molar-refractivity contribution in [1.29, 1.82) is 5.26 Å². The topological polar surface area (TPSA) is 131 Å². The molecule has 0 spiro atoms. The number of carboxylic acid groups (broad SMARTS) is 1. The van der Waals surface area contributed by atoms with Gasteiger partial charge in [-0.05, 0) is 43.9 Å². The third-order valence-electron chi connectivity index (χ3n) is 6.80. The van der Waals surface area contributed by atoms with Crippen LogP contribution < -0.4 is 5.73 Å². The zero-order valence-corrected chi connectivity index (χ0v) is 17.5. The first-order chi connectivity index (χ1) is 14.8. The second-order valence-electron chi connectivity index (χ2n) is 8.63. The van der Waals surface area contributed by atoms with Crippen molar-refractivity contribution in [3.05, 3.63) is 35.4 Å². The van der Waals surface area contributed by atoms with E-state index >= 15 is 0 Å². The van der Waals surface area contributed by atoms with Crippen molar-refractivity contribution in [2.45, 2.75) is 56.4 Å². The number of nitrogens with zero attached hydrogens (tertiary/aromatic N) is 4. The molecule has 1 aromatic rings. The van der Waals surface area contributed by atoms with Crippen molar-refractivity contribution in [2.75, 3.05) is 19.6 Å². The summed E-state index contributed by atoms with van der Waals surface area (Å²) in [6.07, 6.45) is 2.19. The minimum atomic E-state index is -0.980. The minimum Gasteiger partial charge on any atom is -0.478 e. The molecule has 2 amide bonds. The fourth-order valence-electron chi connectivity index (χ4n) is 5.17. The number of carbonyl (C=O) groups excluding carboxylic acids is 2. The number of hydrogen-bond acceptors (Lipinski definition) is 6. The molecule has 5 atom stereocenters. The van der Waals surface area contributed by atoms with E-state index in [0.29, 0.717) is 32.5 Å². The smallest absolute Gasteiger partial charge is 0.335 e. The highest BCUT2D eigenvalue weighted by atomic mass is 16.4. The second-order valence-corrected chi connectivity index (χ2v) is 8.63. The summed E-state index contributed by atoms with van der Waals surface area (Å²) >= 11 is 0. The SMILES string of the molecule is C[C@@H](c1ccc(C(=O)O)cc1)N1C(=O)[C@@H]2C[C@H]1CN2C[C@H](N)C(=O)N1CCC[C@H]1C#N. The summed E-state index contributed by atoms with van der Waals surface area (Å²) in [6.45, 7) is 3.46. The van der Waals surface area contributed by atoms with Gasteiger partial charge in [0.25, 0.3) is 0 Å². The lowest BCUT2D eigenvalue weighted by Crippen LogP contribution is -2.56. The fourth-order valence-corrected chi connectivity index (χ4v) is 5.17. The summed E-state index contributed by atoms with van der Waals surface area (Å²) in [6, 6.07) is 7.19. The number of likely N-dealkylation sites (tertiary alicyclic amines) is 3. The van der Waals surface area contributed by atoms with Gasteiger partial charge < -0.3 is 20.6 Å². The highest BCUT2D eigenvalue weighted by Crippen LogP contribution is 2.38. The molecule has 9 heteroatoms. The maximum Gasteiger partial charge on any atom is 0.335 e. The quantitative estimate of drug-likeness (QED) is 0.681. The van der Waals surface area contributed by atoms with Crippen LogP contribution in [0.1, 0.15) is 48.1 Å². The van der Waals surface area contributed by atoms with Gasteiger partial charge in [-0.3, -0.25) is 14.5 Å². The van der Waals surface area contributed by atoms with E-state index in [4.69, 9.17) is 10.8 Å². The number of piperazine rings is 1. The Bertz CT molecular complexity index is 927. The van der Waals surface area contributed by atoms with E-state index in [9.17, 15) is 19.6 Å². The molecule has 3 fully saturated rings. The van der Waals surface area contributed by atoms with E-state index in [0.717, 1.165) is 12.0 Å². The first kappa shape index (κ1) is 21.3. The predicted octanol–water partition coefficient (Wildman–Crippen LogP) is 0.573. The van der Waals surface area contributed by atoms with Gasteiger partial charge in [0.15, 0.2) is 0 Å². The molecule has 164 valence electrons. The normalized spacial score (nSPS) is 27.4. The Kier molecular flexibility index (Phi) is 5.69. The van der Waals surface area contributed by atoms with Crippen LogP contribution in [0.2, 0.25) is 0 Å². The van der Waals surface area contributed by atoms with Gasteiger partial charge in [0.1, 0.15) is 6.04 Å². The maximum absolute atomic E-state index is 13.1. The Morgan fingerprint density at radius 2 is 2.03 bits per heavy atom. The van der Waals surface area contributed by atoms with E-state index in [1.807, 2.05) is 16.7 Å². The standard InChI is InChI=1S/C22H27N5O4/c1-13(14-4-6-15(7-5-14)22(30)31)27-17-9-19(21(27)29)25(11-17)12-18(24)20(28)26-8-2-3-16(26)10-23/h4-7,13,16-19H,2-3,8-9,11-12,24H2,1H3,(H,30,31)/t13-,16-,17-,18-,19-/m0/s1. The number of nitrogens with two attached hydrogens (primary N) is 1. The van der Waals surface area contributed by atoms with Crippen molar-refractivity contribution in [1.82, 2.24) is 14.7 Å². The van der Waals surface area contributed by atoms with Crippen LogP contribution in [-0.2, 0) is 9.59 Å². The summed E-state index contributed by atoms with van der Waals surface area (Å²) in [5.74, 6) is -1.18. The van der Waals surface area contributed by atoms with Crippen molar-refractivity contribution in [2.24, 2.45) is 5.73 Å². The molecule has 9 nitrogen and oxygen atoms in total. The third-order valence-corrected chi connectivity index (χ3v) is 6.80. The van der Waals surface area contributed by atoms with Gasteiger partial charge >= 0.3 is 5.97 Å². The molecule has 3 N–H and O–H groups in total. The van der Waals surface area contributed by atoms with Crippen LogP contribution in [0.5, 0.6) is 0 Å². The average Bonchev–Trinajstić information content (AvgIpc) is 3.47. The van der Waals surface area contributed by atoms with Gasteiger partial charge in [0.05, 0.1) is 29.8 Å². The number of aromatic carboxylic acids is 1. The molecule has 31 heavy (non-hydrogen) atoms. The lowest BCUT2D eigenvalue weighted by molar-refractivity contribution is -0.141. The molecule has 2 bridgehead atoms. The summed E-state index contributed by atoms with van der Waals surface area (Å²) in [4.78, 5) is 42.3. The molecule has 3 aliphatic rings. The Hall–Kier alpha value is -2.96. The molecular formula is C22H27N5O4. The van der Waals surface area contributed by atoms with Crippen LogP contribution in [0.4, 0.5) is 0 Å². The highest BCUT2D eigenvalue weighted by Gasteiger charge is 2.51. The Morgan fingerprint density at radius 1 is 1.32 bits per heavy atom. The second kappa shape index (κ2) is 8.29. The lowest BCUT2D eigenvalue weighted by atomic mass is 10.0. The van der Waals surface area contributed by atoms with Crippen LogP contribution in [0.25, 0.3) is 0 Å². The first-order valence-corrected chi connectivity index (χ1v) is 10.7. The number of fused-ring (bicyclic) bond motifs is 2. The highest BCUT2D eigenvalue weighted by molar-refractivity contribution is 5.88. The Morgan fingerprint density at radius 3 is 2.65 bits per heavy atom. The molecule has 0 radical (unpaired) electrons. The van der Waals surface area contributed by atoms with Gasteiger partial charge in [0.2, 0.25) is 11.8 Å². The van der Waals surface area contributed by atoms with Crippen molar-refractivity contribution in [3.63, 3.8) is 0 Å². The van der Waals surface area contributed by atoms with Gasteiger partial charge in [-0.25, -0.2) is 4.79 Å². The molecule has 4 rings (SSSR count). The van der Waals surface area contributed by atoms with Crippen molar-refractivity contribution >= 4 is 17.8 Å². The van der Waals surface area contributed by atoms with Crippen LogP contribution in [-0.4, -0.2) is 81.4 Å². The summed E-state index contributed by atoms with van der Waals surface area (Å²) < 4.78 is 0. The van der Waals surface area contributed by atoms with E-state index in [1.165, 1.54) is 0 Å². The summed E-state index contributed by atoms with van der Waals surface area (Å²) in [5.41, 5.74) is 7.28. The van der Waals surface area contributed by atoms with Gasteiger partial charge in [-0.15, -0.1) is 0 Å². The lowest BCUT2D eigenvalue weighted by Gasteiger charge is -2.38. The first-order valence-electron chi connectivity index (χ1n) is 10.7. The number of carbonyl (C=O) groups is 3. The van der Waals surface area contributed by atoms with E-state index in [1.54, 1.807) is 29.2 Å². The van der Waals surface area contributed by atoms with Crippen LogP contribution in [0.3, 0.4) is 0 Å². The molecule has 0 aliphatic carbocycles. The van der Waals surface area contributed by atoms with Crippen molar-refractivity contribution < 1.29 is 19.5 Å². The van der Waals surface area contributed by atoms with E-state index in [-0.39, 0.29) is 35.5 Å². The fraction of sp³-hybridized carbons (Fsp3) is 0.545. The maximum atomic E-state index is 13.1. The van der Waals surface area contributed by atoms with Crippen LogP contribution in [0, 0.1) is 11.3 Å². The number of benzene rings is 1. The molecule has 0 aromatic heterocycles. The average molecular weight is 425 g/mol. The van der Waals surface area contributed by atoms with Gasteiger partial charge in [-0.2, -0.15) is 5.26 Å². The molecule has 3 heterocycles. The largest absolute Gasteiger partial charge is 0.478 e. The number of nitriles is 1. The number of hydrogen-bond donors (Lipinski definition) is 2. The zero-order valence-electron chi connectivity index (χ0n) is 17.5. The van der Waals surface area contributed by atoms with E-state index in [2.05, 4.69) is 6.07 Å². The Balaban J connectivity index is 1.39. The third kappa shape index (κ3) is 3.77. The minimum absolute atomic E-state index is 0.0155. The van der Waals surface area contributed by atoms with Gasteiger partial charge in [0, 0.05) is 25.7 Å². The number of carboxylic acids is 1.